The highest BCUT2D eigenvalue weighted by molar-refractivity contribution is 7.99. The molecule has 3 heterocycles. The van der Waals surface area contributed by atoms with E-state index in [-0.39, 0.29) is 0 Å². The summed E-state index contributed by atoms with van der Waals surface area (Å²) in [5, 5.41) is 8.39. The molecular formula is C12H16N4S. The molecule has 1 fully saturated rings. The molecule has 0 radical (unpaired) electrons. The molecule has 17 heavy (non-hydrogen) atoms. The number of thioether (sulfide) groups is 1. The fraction of sp³-hybridized carbons (Fsp3) is 0.500. The van der Waals surface area contributed by atoms with E-state index < -0.39 is 0 Å². The molecule has 4 nitrogen and oxygen atoms in total. The van der Waals surface area contributed by atoms with Crippen molar-refractivity contribution in [2.24, 2.45) is 0 Å². The average molecular weight is 248 g/mol. The number of fused-ring (bicyclic) bond motifs is 1. The summed E-state index contributed by atoms with van der Waals surface area (Å²) in [5.74, 6) is 2.24. The maximum Gasteiger partial charge on any atom is 0.152 e. The van der Waals surface area contributed by atoms with E-state index in [1.807, 2.05) is 16.8 Å². The van der Waals surface area contributed by atoms with Crippen LogP contribution in [0.2, 0.25) is 0 Å². The van der Waals surface area contributed by atoms with Gasteiger partial charge >= 0.3 is 0 Å². The standard InChI is InChI=1S/C12H16N4S/c1-2-8-17-10(3-1)9-14-12-11-4-5-15-16(11)7-6-13-12/h4-7,10H,1-3,8-9H2,(H,13,14). The van der Waals surface area contributed by atoms with Gasteiger partial charge in [-0.3, -0.25) is 0 Å². The second-order valence-corrected chi connectivity index (χ2v) is 5.71. The lowest BCUT2D eigenvalue weighted by Gasteiger charge is -2.21. The van der Waals surface area contributed by atoms with E-state index in [0.717, 1.165) is 23.1 Å². The van der Waals surface area contributed by atoms with Crippen molar-refractivity contribution in [1.29, 1.82) is 0 Å². The van der Waals surface area contributed by atoms with Crippen LogP contribution in [0, 0.1) is 0 Å². The smallest absolute Gasteiger partial charge is 0.152 e. The van der Waals surface area contributed by atoms with Crippen LogP contribution in [0.15, 0.2) is 24.7 Å². The van der Waals surface area contributed by atoms with Crippen molar-refractivity contribution in [1.82, 2.24) is 14.6 Å². The molecule has 0 amide bonds. The molecule has 1 atom stereocenters. The number of nitrogens with zero attached hydrogens (tertiary/aromatic N) is 3. The third kappa shape index (κ3) is 2.39. The average Bonchev–Trinajstić information content (AvgIpc) is 2.86. The van der Waals surface area contributed by atoms with Crippen LogP contribution in [0.5, 0.6) is 0 Å². The number of rotatable bonds is 3. The van der Waals surface area contributed by atoms with Crippen molar-refractivity contribution >= 4 is 23.1 Å². The Hall–Kier alpha value is -1.23. The topological polar surface area (TPSA) is 42.2 Å². The van der Waals surface area contributed by atoms with E-state index in [1.54, 1.807) is 12.4 Å². The van der Waals surface area contributed by atoms with E-state index in [1.165, 1.54) is 25.0 Å². The van der Waals surface area contributed by atoms with Gasteiger partial charge in [-0.15, -0.1) is 0 Å². The van der Waals surface area contributed by atoms with E-state index in [2.05, 4.69) is 27.2 Å². The maximum atomic E-state index is 4.38. The quantitative estimate of drug-likeness (QED) is 0.906. The first-order valence-corrected chi connectivity index (χ1v) is 7.12. The molecule has 0 saturated carbocycles. The molecule has 1 saturated heterocycles. The number of anilines is 1. The van der Waals surface area contributed by atoms with Crippen molar-refractivity contribution in [2.75, 3.05) is 17.6 Å². The fourth-order valence-electron chi connectivity index (χ4n) is 2.17. The van der Waals surface area contributed by atoms with Gasteiger partial charge in [0.05, 0.1) is 6.20 Å². The fourth-order valence-corrected chi connectivity index (χ4v) is 3.41. The number of hydrogen-bond donors (Lipinski definition) is 1. The van der Waals surface area contributed by atoms with Gasteiger partial charge in [0.25, 0.3) is 0 Å². The van der Waals surface area contributed by atoms with Crippen molar-refractivity contribution < 1.29 is 0 Å². The predicted octanol–water partition coefficient (Wildman–Crippen LogP) is 2.43. The Morgan fingerprint density at radius 2 is 2.41 bits per heavy atom. The van der Waals surface area contributed by atoms with Crippen molar-refractivity contribution in [3.05, 3.63) is 24.7 Å². The van der Waals surface area contributed by atoms with Gasteiger partial charge in [0.15, 0.2) is 5.82 Å². The highest BCUT2D eigenvalue weighted by atomic mass is 32.2. The Labute approximate surface area is 105 Å². The molecule has 1 aliphatic rings. The summed E-state index contributed by atoms with van der Waals surface area (Å²) in [4.78, 5) is 4.38. The number of aromatic nitrogens is 3. The Morgan fingerprint density at radius 1 is 1.41 bits per heavy atom. The van der Waals surface area contributed by atoms with Gasteiger partial charge in [0.1, 0.15) is 5.52 Å². The molecule has 1 N–H and O–H groups in total. The second kappa shape index (κ2) is 4.96. The molecule has 2 aromatic rings. The molecule has 3 rings (SSSR count). The highest BCUT2D eigenvalue weighted by Crippen LogP contribution is 2.25. The van der Waals surface area contributed by atoms with Crippen molar-refractivity contribution in [3.63, 3.8) is 0 Å². The van der Waals surface area contributed by atoms with Crippen LogP contribution < -0.4 is 5.32 Å². The molecule has 0 aliphatic carbocycles. The maximum absolute atomic E-state index is 4.38. The first-order chi connectivity index (χ1) is 8.43. The minimum absolute atomic E-state index is 0.730. The van der Waals surface area contributed by atoms with Crippen LogP contribution >= 0.6 is 11.8 Å². The summed E-state index contributed by atoms with van der Waals surface area (Å²) in [6, 6.07) is 1.99. The Kier molecular flexibility index (Phi) is 3.18. The van der Waals surface area contributed by atoms with E-state index in [0.29, 0.717) is 0 Å². The van der Waals surface area contributed by atoms with E-state index in [9.17, 15) is 0 Å². The molecule has 90 valence electrons. The molecule has 1 unspecified atom stereocenters. The van der Waals surface area contributed by atoms with Gasteiger partial charge in [-0.2, -0.15) is 16.9 Å². The van der Waals surface area contributed by atoms with E-state index in [4.69, 9.17) is 0 Å². The zero-order valence-electron chi connectivity index (χ0n) is 9.67. The lowest BCUT2D eigenvalue weighted by atomic mass is 10.2. The van der Waals surface area contributed by atoms with Gasteiger partial charge < -0.3 is 5.32 Å². The zero-order chi connectivity index (χ0) is 11.5. The Balaban J connectivity index is 1.69. The van der Waals surface area contributed by atoms with Crippen molar-refractivity contribution in [2.45, 2.75) is 24.5 Å². The molecule has 2 aromatic heterocycles. The van der Waals surface area contributed by atoms with Crippen LogP contribution in [-0.2, 0) is 0 Å². The van der Waals surface area contributed by atoms with Crippen LogP contribution in [0.1, 0.15) is 19.3 Å². The van der Waals surface area contributed by atoms with E-state index >= 15 is 0 Å². The number of nitrogens with one attached hydrogen (secondary N) is 1. The van der Waals surface area contributed by atoms with Crippen molar-refractivity contribution in [3.8, 4) is 0 Å². The second-order valence-electron chi connectivity index (χ2n) is 4.31. The molecule has 5 heteroatoms. The summed E-state index contributed by atoms with van der Waals surface area (Å²) in [6.07, 6.45) is 9.52. The third-order valence-electron chi connectivity index (χ3n) is 3.10. The summed E-state index contributed by atoms with van der Waals surface area (Å²) >= 11 is 2.08. The van der Waals surface area contributed by atoms with Crippen LogP contribution in [0.4, 0.5) is 5.82 Å². The molecular weight excluding hydrogens is 232 g/mol. The number of hydrogen-bond acceptors (Lipinski definition) is 4. The predicted molar refractivity (Wildman–Crippen MR) is 71.6 cm³/mol. The minimum Gasteiger partial charge on any atom is -0.367 e. The summed E-state index contributed by atoms with van der Waals surface area (Å²) in [7, 11) is 0. The van der Waals surface area contributed by atoms with Gasteiger partial charge in [0, 0.05) is 24.2 Å². The monoisotopic (exact) mass is 248 g/mol. The van der Waals surface area contributed by atoms with Gasteiger partial charge in [0.2, 0.25) is 0 Å². The van der Waals surface area contributed by atoms with Crippen LogP contribution in [0.3, 0.4) is 0 Å². The van der Waals surface area contributed by atoms with Gasteiger partial charge in [-0.05, 0) is 24.7 Å². The normalized spacial score (nSPS) is 20.6. The first-order valence-electron chi connectivity index (χ1n) is 6.07. The lowest BCUT2D eigenvalue weighted by molar-refractivity contribution is 0.677. The summed E-state index contributed by atoms with van der Waals surface area (Å²) in [6.45, 7) is 1.00. The van der Waals surface area contributed by atoms with Crippen LogP contribution in [0.25, 0.3) is 5.52 Å². The largest absolute Gasteiger partial charge is 0.367 e. The molecule has 0 aromatic carbocycles. The Morgan fingerprint density at radius 3 is 3.29 bits per heavy atom. The van der Waals surface area contributed by atoms with Crippen LogP contribution in [-0.4, -0.2) is 32.1 Å². The Bertz CT molecular complexity index is 490. The molecule has 0 spiro atoms. The summed E-state index contributed by atoms with van der Waals surface area (Å²) < 4.78 is 1.85. The van der Waals surface area contributed by atoms with Gasteiger partial charge in [-0.1, -0.05) is 6.42 Å². The SMILES string of the molecule is c1cn2nccc2c(NCC2CCCCS2)n1. The van der Waals surface area contributed by atoms with Gasteiger partial charge in [-0.25, -0.2) is 9.50 Å². The third-order valence-corrected chi connectivity index (χ3v) is 4.49. The molecule has 1 aliphatic heterocycles. The highest BCUT2D eigenvalue weighted by Gasteiger charge is 2.14. The molecule has 0 bridgehead atoms. The summed E-state index contributed by atoms with van der Waals surface area (Å²) in [5.41, 5.74) is 1.05. The zero-order valence-corrected chi connectivity index (χ0v) is 10.5. The lowest BCUT2D eigenvalue weighted by Crippen LogP contribution is -2.20. The minimum atomic E-state index is 0.730. The first kappa shape index (κ1) is 10.9.